The van der Waals surface area contributed by atoms with Gasteiger partial charge in [0.05, 0.1) is 19.0 Å². The number of hydrogen-bond donors (Lipinski definition) is 0. The van der Waals surface area contributed by atoms with E-state index < -0.39 is 0 Å². The third-order valence-electron chi connectivity index (χ3n) is 1.52. The Morgan fingerprint density at radius 1 is 1.69 bits per heavy atom. The van der Waals surface area contributed by atoms with E-state index in [1.54, 1.807) is 0 Å². The van der Waals surface area contributed by atoms with Crippen molar-refractivity contribution in [2.45, 2.75) is 25.5 Å². The second kappa shape index (κ2) is 6.18. The Balaban J connectivity index is 1.70. The van der Waals surface area contributed by atoms with Gasteiger partial charge in [-0.3, -0.25) is 0 Å². The maximum absolute atomic E-state index is 5.37. The van der Waals surface area contributed by atoms with E-state index in [1.165, 1.54) is 0 Å². The highest BCUT2D eigenvalue weighted by molar-refractivity contribution is 6.27. The van der Waals surface area contributed by atoms with E-state index in [4.69, 9.17) is 13.9 Å². The highest BCUT2D eigenvalue weighted by Gasteiger charge is 2.21. The Hall–Kier alpha value is -0.323. The zero-order valence-corrected chi connectivity index (χ0v) is 9.04. The van der Waals surface area contributed by atoms with Crippen molar-refractivity contribution in [3.05, 3.63) is 12.3 Å². The van der Waals surface area contributed by atoms with Crippen LogP contribution in [0.15, 0.2) is 12.3 Å². The van der Waals surface area contributed by atoms with Crippen LogP contribution in [-0.4, -0.2) is 35.7 Å². The third kappa shape index (κ3) is 6.80. The number of epoxide rings is 1. The van der Waals surface area contributed by atoms with Gasteiger partial charge in [0.1, 0.15) is 6.10 Å². The van der Waals surface area contributed by atoms with E-state index in [0.29, 0.717) is 15.9 Å². The SMILES string of the molecule is C=C(C)O[Si]CCCOCC1CO1. The highest BCUT2D eigenvalue weighted by atomic mass is 28.2. The van der Waals surface area contributed by atoms with Crippen molar-refractivity contribution in [1.29, 1.82) is 0 Å². The normalized spacial score (nSPS) is 19.9. The summed E-state index contributed by atoms with van der Waals surface area (Å²) in [5.41, 5.74) is 0. The van der Waals surface area contributed by atoms with Crippen LogP contribution in [0.25, 0.3) is 0 Å². The molecule has 0 aliphatic carbocycles. The lowest BCUT2D eigenvalue weighted by atomic mass is 10.5. The molecule has 1 unspecified atom stereocenters. The maximum Gasteiger partial charge on any atom is 0.310 e. The summed E-state index contributed by atoms with van der Waals surface area (Å²) in [4.78, 5) is 0. The maximum atomic E-state index is 5.37. The van der Waals surface area contributed by atoms with Gasteiger partial charge >= 0.3 is 9.76 Å². The van der Waals surface area contributed by atoms with Crippen molar-refractivity contribution < 1.29 is 13.9 Å². The summed E-state index contributed by atoms with van der Waals surface area (Å²) in [7, 11) is 0.523. The van der Waals surface area contributed by atoms with Crippen molar-refractivity contribution in [2.24, 2.45) is 0 Å². The topological polar surface area (TPSA) is 31.0 Å². The van der Waals surface area contributed by atoms with Gasteiger partial charge in [-0.1, -0.05) is 6.58 Å². The lowest BCUT2D eigenvalue weighted by molar-refractivity contribution is 0.117. The van der Waals surface area contributed by atoms with Gasteiger partial charge in [-0.25, -0.2) is 0 Å². The molecule has 0 bridgehead atoms. The summed E-state index contributed by atoms with van der Waals surface area (Å²) in [6.45, 7) is 7.97. The summed E-state index contributed by atoms with van der Waals surface area (Å²) in [5.74, 6) is 0.797. The summed E-state index contributed by atoms with van der Waals surface area (Å²) in [6.07, 6.45) is 1.44. The smallest absolute Gasteiger partial charge is 0.310 e. The molecule has 13 heavy (non-hydrogen) atoms. The zero-order chi connectivity index (χ0) is 9.52. The molecule has 0 spiro atoms. The minimum absolute atomic E-state index is 0.383. The van der Waals surface area contributed by atoms with Crippen LogP contribution < -0.4 is 0 Å². The lowest BCUT2D eigenvalue weighted by Crippen LogP contribution is -2.04. The molecule has 4 heteroatoms. The van der Waals surface area contributed by atoms with Gasteiger partial charge in [-0.2, -0.15) is 0 Å². The molecule has 0 amide bonds. The Kier molecular flexibility index (Phi) is 5.11. The molecule has 1 aliphatic heterocycles. The van der Waals surface area contributed by atoms with Crippen LogP contribution >= 0.6 is 0 Å². The van der Waals surface area contributed by atoms with Gasteiger partial charge in [-0.15, -0.1) is 0 Å². The number of ether oxygens (including phenoxy) is 2. The van der Waals surface area contributed by atoms with Gasteiger partial charge in [-0.05, 0) is 19.4 Å². The Bertz CT molecular complexity index is 157. The van der Waals surface area contributed by atoms with Crippen LogP contribution in [0.1, 0.15) is 13.3 Å². The molecular weight excluding hydrogens is 184 g/mol. The number of allylic oxidation sites excluding steroid dienone is 1. The summed E-state index contributed by atoms with van der Waals surface area (Å²) < 4.78 is 15.6. The first kappa shape index (κ1) is 10.8. The average Bonchev–Trinajstić information content (AvgIpc) is 2.86. The van der Waals surface area contributed by atoms with Crippen molar-refractivity contribution in [1.82, 2.24) is 0 Å². The average molecular weight is 200 g/mol. The molecule has 3 nitrogen and oxygen atoms in total. The van der Waals surface area contributed by atoms with Gasteiger partial charge in [0.2, 0.25) is 0 Å². The molecule has 1 fully saturated rings. The minimum atomic E-state index is 0.383. The van der Waals surface area contributed by atoms with E-state index in [1.807, 2.05) is 6.92 Å². The van der Waals surface area contributed by atoms with Crippen LogP contribution in [0.3, 0.4) is 0 Å². The molecule has 1 atom stereocenters. The van der Waals surface area contributed by atoms with E-state index in [2.05, 4.69) is 6.58 Å². The van der Waals surface area contributed by atoms with E-state index in [0.717, 1.165) is 38.0 Å². The summed E-state index contributed by atoms with van der Waals surface area (Å²) >= 11 is 0. The molecular formula is C9H16O3Si. The van der Waals surface area contributed by atoms with E-state index in [-0.39, 0.29) is 0 Å². The minimum Gasteiger partial charge on any atom is -0.545 e. The Morgan fingerprint density at radius 2 is 2.46 bits per heavy atom. The molecule has 0 aromatic heterocycles. The van der Waals surface area contributed by atoms with Gasteiger partial charge in [0.15, 0.2) is 0 Å². The number of rotatable bonds is 8. The standard InChI is InChI=1S/C9H16O3Si/c1-8(2)12-13-5-3-4-10-6-9-7-11-9/h9H,1,3-7H2,2H3. The third-order valence-corrected chi connectivity index (χ3v) is 2.57. The molecule has 0 N–H and O–H groups in total. The fourth-order valence-electron chi connectivity index (χ4n) is 0.800. The monoisotopic (exact) mass is 200 g/mol. The Morgan fingerprint density at radius 3 is 3.08 bits per heavy atom. The lowest BCUT2D eigenvalue weighted by Gasteiger charge is -2.03. The second-order valence-electron chi connectivity index (χ2n) is 3.08. The second-order valence-corrected chi connectivity index (χ2v) is 4.08. The van der Waals surface area contributed by atoms with Crippen molar-refractivity contribution >= 4 is 9.76 Å². The van der Waals surface area contributed by atoms with E-state index >= 15 is 0 Å². The summed E-state index contributed by atoms with van der Waals surface area (Å²) in [6, 6.07) is 1.05. The fraction of sp³-hybridized carbons (Fsp3) is 0.778. The Labute approximate surface area is 82.0 Å². The first-order valence-electron chi connectivity index (χ1n) is 4.53. The highest BCUT2D eigenvalue weighted by Crippen LogP contribution is 2.08. The van der Waals surface area contributed by atoms with E-state index in [9.17, 15) is 0 Å². The molecule has 0 saturated carbocycles. The summed E-state index contributed by atoms with van der Waals surface area (Å²) in [5, 5.41) is 0. The molecule has 2 radical (unpaired) electrons. The van der Waals surface area contributed by atoms with Gasteiger partial charge in [0.25, 0.3) is 0 Å². The number of hydrogen-bond acceptors (Lipinski definition) is 3. The van der Waals surface area contributed by atoms with Gasteiger partial charge < -0.3 is 13.9 Å². The zero-order valence-electron chi connectivity index (χ0n) is 8.04. The largest absolute Gasteiger partial charge is 0.545 e. The first-order valence-corrected chi connectivity index (χ1v) is 5.65. The molecule has 0 aromatic rings. The molecule has 0 aromatic carbocycles. The fourth-order valence-corrected chi connectivity index (χ4v) is 1.44. The van der Waals surface area contributed by atoms with Crippen LogP contribution in [0.2, 0.25) is 6.04 Å². The molecule has 1 rings (SSSR count). The predicted octanol–water partition coefficient (Wildman–Crippen LogP) is 1.38. The molecule has 1 heterocycles. The quantitative estimate of drug-likeness (QED) is 0.257. The molecule has 1 saturated heterocycles. The predicted molar refractivity (Wildman–Crippen MR) is 51.6 cm³/mol. The van der Waals surface area contributed by atoms with Crippen molar-refractivity contribution in [3.63, 3.8) is 0 Å². The van der Waals surface area contributed by atoms with Crippen LogP contribution in [0, 0.1) is 0 Å². The van der Waals surface area contributed by atoms with Crippen molar-refractivity contribution in [3.8, 4) is 0 Å². The van der Waals surface area contributed by atoms with Crippen LogP contribution in [0.5, 0.6) is 0 Å². The molecule has 74 valence electrons. The van der Waals surface area contributed by atoms with Crippen LogP contribution in [0.4, 0.5) is 0 Å². The van der Waals surface area contributed by atoms with Crippen LogP contribution in [-0.2, 0) is 13.9 Å². The first-order chi connectivity index (χ1) is 6.29. The van der Waals surface area contributed by atoms with Crippen molar-refractivity contribution in [2.75, 3.05) is 19.8 Å². The van der Waals surface area contributed by atoms with Gasteiger partial charge in [0, 0.05) is 6.61 Å². The molecule has 1 aliphatic rings.